The third kappa shape index (κ3) is 1.32. The fourth-order valence-electron chi connectivity index (χ4n) is 1.95. The molecule has 0 unspecified atom stereocenters. The molecule has 3 heteroatoms. The third-order valence-corrected chi connectivity index (χ3v) is 3.08. The molecule has 1 aromatic carbocycles. The van der Waals surface area contributed by atoms with Crippen molar-refractivity contribution < 1.29 is 8.78 Å². The van der Waals surface area contributed by atoms with Crippen LogP contribution in [0.1, 0.15) is 24.0 Å². The molecule has 0 radical (unpaired) electrons. The summed E-state index contributed by atoms with van der Waals surface area (Å²) in [4.78, 5) is 0. The summed E-state index contributed by atoms with van der Waals surface area (Å²) in [6, 6.07) is 2.55. The first-order valence-corrected chi connectivity index (χ1v) is 4.75. The molecule has 0 aromatic heterocycles. The largest absolute Gasteiger partial charge is 0.330 e. The van der Waals surface area contributed by atoms with Gasteiger partial charge in [0.05, 0.1) is 0 Å². The van der Waals surface area contributed by atoms with Gasteiger partial charge < -0.3 is 5.73 Å². The highest BCUT2D eigenvalue weighted by Crippen LogP contribution is 2.48. The van der Waals surface area contributed by atoms with Crippen LogP contribution in [0, 0.1) is 18.6 Å². The molecule has 0 heterocycles. The van der Waals surface area contributed by atoms with E-state index in [0.717, 1.165) is 24.0 Å². The maximum absolute atomic E-state index is 13.0. The number of hydrogen-bond acceptors (Lipinski definition) is 1. The van der Waals surface area contributed by atoms with Crippen LogP contribution in [0.2, 0.25) is 0 Å². The SMILES string of the molecule is Cc1cc(F)c(F)cc1C1(CN)CC1. The number of rotatable bonds is 2. The standard InChI is InChI=1S/C11H13F2N/c1-7-4-9(12)10(13)5-8(7)11(6-14)2-3-11/h4-5H,2-3,6,14H2,1H3. The summed E-state index contributed by atoms with van der Waals surface area (Å²) in [5.41, 5.74) is 7.24. The van der Waals surface area contributed by atoms with Crippen molar-refractivity contribution in [1.82, 2.24) is 0 Å². The number of hydrogen-bond donors (Lipinski definition) is 1. The van der Waals surface area contributed by atoms with Crippen molar-refractivity contribution in [3.05, 3.63) is 34.9 Å². The van der Waals surface area contributed by atoms with Gasteiger partial charge in [0.25, 0.3) is 0 Å². The average molecular weight is 197 g/mol. The van der Waals surface area contributed by atoms with Crippen LogP contribution < -0.4 is 5.73 Å². The monoisotopic (exact) mass is 197 g/mol. The molecule has 1 fully saturated rings. The minimum absolute atomic E-state index is 0.0708. The van der Waals surface area contributed by atoms with E-state index in [0.29, 0.717) is 6.54 Å². The van der Waals surface area contributed by atoms with Crippen LogP contribution in [0.4, 0.5) is 8.78 Å². The topological polar surface area (TPSA) is 26.0 Å². The molecule has 2 N–H and O–H groups in total. The van der Waals surface area contributed by atoms with E-state index in [1.807, 2.05) is 0 Å². The van der Waals surface area contributed by atoms with Gasteiger partial charge in [-0.15, -0.1) is 0 Å². The van der Waals surface area contributed by atoms with Crippen molar-refractivity contribution in [1.29, 1.82) is 0 Å². The van der Waals surface area contributed by atoms with Gasteiger partial charge in [-0.05, 0) is 43.0 Å². The molecule has 0 saturated heterocycles. The Balaban J connectivity index is 2.49. The molecule has 1 aliphatic carbocycles. The lowest BCUT2D eigenvalue weighted by atomic mass is 9.92. The summed E-state index contributed by atoms with van der Waals surface area (Å²) in [7, 11) is 0. The molecule has 0 aliphatic heterocycles. The summed E-state index contributed by atoms with van der Waals surface area (Å²) in [5.74, 6) is -1.55. The van der Waals surface area contributed by atoms with Gasteiger partial charge in [-0.3, -0.25) is 0 Å². The lowest BCUT2D eigenvalue weighted by Gasteiger charge is -2.16. The van der Waals surface area contributed by atoms with Gasteiger partial charge in [0.2, 0.25) is 0 Å². The summed E-state index contributed by atoms with van der Waals surface area (Å²) in [6.07, 6.45) is 1.96. The molecular weight excluding hydrogens is 184 g/mol. The molecule has 0 atom stereocenters. The van der Waals surface area contributed by atoms with Crippen LogP contribution in [0.25, 0.3) is 0 Å². The second kappa shape index (κ2) is 3.02. The highest BCUT2D eigenvalue weighted by molar-refractivity contribution is 5.39. The molecule has 1 saturated carbocycles. The first kappa shape index (κ1) is 9.59. The zero-order valence-electron chi connectivity index (χ0n) is 8.11. The number of halogens is 2. The Labute approximate surface area is 81.9 Å². The molecule has 2 rings (SSSR count). The Hall–Kier alpha value is -0.960. The van der Waals surface area contributed by atoms with Gasteiger partial charge in [0.1, 0.15) is 0 Å². The predicted octanol–water partition coefficient (Wildman–Crippen LogP) is 2.26. The van der Waals surface area contributed by atoms with Gasteiger partial charge in [-0.25, -0.2) is 8.78 Å². The summed E-state index contributed by atoms with van der Waals surface area (Å²) in [6.45, 7) is 2.31. The van der Waals surface area contributed by atoms with Crippen molar-refractivity contribution in [3.63, 3.8) is 0 Å². The predicted molar refractivity (Wildman–Crippen MR) is 51.1 cm³/mol. The Kier molecular flexibility index (Phi) is 2.07. The number of benzene rings is 1. The van der Waals surface area contributed by atoms with Crippen LogP contribution in [-0.2, 0) is 5.41 Å². The zero-order chi connectivity index (χ0) is 10.3. The smallest absolute Gasteiger partial charge is 0.159 e. The first-order chi connectivity index (χ1) is 6.59. The Morgan fingerprint density at radius 1 is 1.29 bits per heavy atom. The molecular formula is C11H13F2N. The Morgan fingerprint density at radius 2 is 1.86 bits per heavy atom. The van der Waals surface area contributed by atoms with Crippen LogP contribution in [0.5, 0.6) is 0 Å². The highest BCUT2D eigenvalue weighted by Gasteiger charge is 2.44. The quantitative estimate of drug-likeness (QED) is 0.773. The van der Waals surface area contributed by atoms with Crippen molar-refractivity contribution in [2.45, 2.75) is 25.2 Å². The van der Waals surface area contributed by atoms with Crippen molar-refractivity contribution in [3.8, 4) is 0 Å². The van der Waals surface area contributed by atoms with Crippen molar-refractivity contribution >= 4 is 0 Å². The third-order valence-electron chi connectivity index (χ3n) is 3.08. The van der Waals surface area contributed by atoms with E-state index in [1.165, 1.54) is 12.1 Å². The maximum Gasteiger partial charge on any atom is 0.159 e. The van der Waals surface area contributed by atoms with Gasteiger partial charge in [0.15, 0.2) is 11.6 Å². The zero-order valence-corrected chi connectivity index (χ0v) is 8.11. The van der Waals surface area contributed by atoms with E-state index < -0.39 is 11.6 Å². The lowest BCUT2D eigenvalue weighted by Crippen LogP contribution is -2.21. The van der Waals surface area contributed by atoms with Crippen molar-refractivity contribution in [2.75, 3.05) is 6.54 Å². The maximum atomic E-state index is 13.0. The molecule has 1 aliphatic rings. The molecule has 1 aromatic rings. The normalized spacial score (nSPS) is 18.3. The van der Waals surface area contributed by atoms with Crippen LogP contribution in [0.15, 0.2) is 12.1 Å². The van der Waals surface area contributed by atoms with Gasteiger partial charge in [-0.1, -0.05) is 0 Å². The van der Waals surface area contributed by atoms with Gasteiger partial charge in [-0.2, -0.15) is 0 Å². The summed E-state index contributed by atoms with van der Waals surface area (Å²) in [5, 5.41) is 0. The Bertz CT molecular complexity index is 370. The fourth-order valence-corrected chi connectivity index (χ4v) is 1.95. The van der Waals surface area contributed by atoms with E-state index in [2.05, 4.69) is 0 Å². The van der Waals surface area contributed by atoms with Gasteiger partial charge >= 0.3 is 0 Å². The Morgan fingerprint density at radius 3 is 2.36 bits per heavy atom. The van der Waals surface area contributed by atoms with Gasteiger partial charge in [0, 0.05) is 12.0 Å². The molecule has 0 amide bonds. The van der Waals surface area contributed by atoms with E-state index >= 15 is 0 Å². The summed E-state index contributed by atoms with van der Waals surface area (Å²) < 4.78 is 25.9. The lowest BCUT2D eigenvalue weighted by molar-refractivity contribution is 0.503. The molecule has 76 valence electrons. The van der Waals surface area contributed by atoms with Crippen LogP contribution >= 0.6 is 0 Å². The van der Waals surface area contributed by atoms with E-state index in [-0.39, 0.29) is 5.41 Å². The van der Waals surface area contributed by atoms with Crippen LogP contribution in [-0.4, -0.2) is 6.54 Å². The first-order valence-electron chi connectivity index (χ1n) is 4.75. The van der Waals surface area contributed by atoms with E-state index in [4.69, 9.17) is 5.73 Å². The van der Waals surface area contributed by atoms with E-state index in [1.54, 1.807) is 6.92 Å². The fraction of sp³-hybridized carbons (Fsp3) is 0.455. The van der Waals surface area contributed by atoms with Crippen molar-refractivity contribution in [2.24, 2.45) is 5.73 Å². The number of aryl methyl sites for hydroxylation is 1. The second-order valence-corrected chi connectivity index (χ2v) is 4.07. The molecule has 1 nitrogen and oxygen atoms in total. The minimum atomic E-state index is -0.779. The van der Waals surface area contributed by atoms with Crippen LogP contribution in [0.3, 0.4) is 0 Å². The van der Waals surface area contributed by atoms with E-state index in [9.17, 15) is 8.78 Å². The molecule has 0 spiro atoms. The highest BCUT2D eigenvalue weighted by atomic mass is 19.2. The molecule has 14 heavy (non-hydrogen) atoms. The minimum Gasteiger partial charge on any atom is -0.330 e. The summed E-state index contributed by atoms with van der Waals surface area (Å²) >= 11 is 0. The second-order valence-electron chi connectivity index (χ2n) is 4.07. The number of nitrogens with two attached hydrogens (primary N) is 1. The molecule has 0 bridgehead atoms. The average Bonchev–Trinajstić information content (AvgIpc) is 2.92.